The van der Waals surface area contributed by atoms with Crippen molar-refractivity contribution in [3.63, 3.8) is 0 Å². The summed E-state index contributed by atoms with van der Waals surface area (Å²) in [6.45, 7) is 0.556. The molecule has 0 bridgehead atoms. The van der Waals surface area contributed by atoms with Crippen LogP contribution >= 0.6 is 0 Å². The number of carboxylic acid groups (broad SMARTS) is 1. The Morgan fingerprint density at radius 2 is 2.04 bits per heavy atom. The van der Waals surface area contributed by atoms with Gasteiger partial charge in [-0.3, -0.25) is 0 Å². The molecule has 1 aliphatic heterocycles. The smallest absolute Gasteiger partial charge is 0.344 e. The van der Waals surface area contributed by atoms with Crippen LogP contribution in [0.2, 0.25) is 0 Å². The van der Waals surface area contributed by atoms with Gasteiger partial charge in [-0.2, -0.15) is 0 Å². The summed E-state index contributed by atoms with van der Waals surface area (Å²) in [6, 6.07) is 11.9. The van der Waals surface area contributed by atoms with Gasteiger partial charge in [0.15, 0.2) is 6.10 Å². The molecule has 0 aliphatic carbocycles. The van der Waals surface area contributed by atoms with Crippen LogP contribution in [0.3, 0.4) is 0 Å². The van der Waals surface area contributed by atoms with Gasteiger partial charge >= 0.3 is 5.97 Å². The largest absolute Gasteiger partial charge is 0.494 e. The van der Waals surface area contributed by atoms with E-state index < -0.39 is 12.1 Å². The monoisotopic (exact) mass is 330 g/mol. The van der Waals surface area contributed by atoms with Crippen LogP contribution in [0.1, 0.15) is 24.0 Å². The van der Waals surface area contributed by atoms with Crippen LogP contribution in [0.25, 0.3) is 0 Å². The molecule has 2 aromatic rings. The third-order valence-electron chi connectivity index (χ3n) is 4.04. The number of ether oxygens (including phenoxy) is 2. The maximum absolute atomic E-state index is 12.8. The molecule has 3 rings (SSSR count). The molecule has 0 saturated carbocycles. The Kier molecular flexibility index (Phi) is 4.99. The minimum atomic E-state index is -0.914. The molecule has 24 heavy (non-hydrogen) atoms. The maximum Gasteiger partial charge on any atom is 0.344 e. The van der Waals surface area contributed by atoms with Gasteiger partial charge in [-0.05, 0) is 67.1 Å². The van der Waals surface area contributed by atoms with Crippen molar-refractivity contribution in [1.82, 2.24) is 0 Å². The molecule has 0 fully saturated rings. The molecule has 2 aromatic carbocycles. The number of halogens is 1. The van der Waals surface area contributed by atoms with Gasteiger partial charge in [0.1, 0.15) is 17.3 Å². The van der Waals surface area contributed by atoms with Crippen molar-refractivity contribution >= 4 is 5.97 Å². The normalized spacial score (nSPS) is 16.1. The highest BCUT2D eigenvalue weighted by Gasteiger charge is 2.25. The Balaban J connectivity index is 1.50. The molecule has 0 saturated heterocycles. The molecule has 1 heterocycles. The first kappa shape index (κ1) is 16.3. The number of rotatable bonds is 6. The molecule has 0 radical (unpaired) electrons. The minimum absolute atomic E-state index is 0.274. The van der Waals surface area contributed by atoms with Crippen LogP contribution in [0.5, 0.6) is 11.5 Å². The third kappa shape index (κ3) is 4.04. The second-order valence-corrected chi connectivity index (χ2v) is 5.83. The fourth-order valence-corrected chi connectivity index (χ4v) is 2.77. The fourth-order valence-electron chi connectivity index (χ4n) is 2.77. The third-order valence-corrected chi connectivity index (χ3v) is 4.04. The number of aryl methyl sites for hydroxylation is 2. The van der Waals surface area contributed by atoms with E-state index in [9.17, 15) is 9.18 Å². The summed E-state index contributed by atoms with van der Waals surface area (Å²) in [4.78, 5) is 11.0. The van der Waals surface area contributed by atoms with Gasteiger partial charge in [0.05, 0.1) is 6.61 Å². The fraction of sp³-hybridized carbons (Fsp3) is 0.316. The average molecular weight is 330 g/mol. The molecule has 1 unspecified atom stereocenters. The molecule has 126 valence electrons. The predicted molar refractivity (Wildman–Crippen MR) is 87.0 cm³/mol. The lowest BCUT2D eigenvalue weighted by Crippen LogP contribution is -2.30. The van der Waals surface area contributed by atoms with Gasteiger partial charge in [0.25, 0.3) is 0 Å². The Labute approximate surface area is 139 Å². The average Bonchev–Trinajstić information content (AvgIpc) is 2.59. The quantitative estimate of drug-likeness (QED) is 0.822. The molecule has 5 heteroatoms. The molecule has 1 N–H and O–H groups in total. The summed E-state index contributed by atoms with van der Waals surface area (Å²) in [5, 5.41) is 9.01. The van der Waals surface area contributed by atoms with Crippen molar-refractivity contribution in [3.05, 3.63) is 59.4 Å². The minimum Gasteiger partial charge on any atom is -0.494 e. The van der Waals surface area contributed by atoms with E-state index in [2.05, 4.69) is 6.07 Å². The van der Waals surface area contributed by atoms with Crippen molar-refractivity contribution in [2.24, 2.45) is 0 Å². The Morgan fingerprint density at radius 3 is 2.79 bits per heavy atom. The van der Waals surface area contributed by atoms with E-state index in [1.165, 1.54) is 17.7 Å². The summed E-state index contributed by atoms with van der Waals surface area (Å²) < 4.78 is 23.9. The molecular formula is C19H19FO4. The highest BCUT2D eigenvalue weighted by Crippen LogP contribution is 2.29. The van der Waals surface area contributed by atoms with Gasteiger partial charge < -0.3 is 14.6 Å². The second kappa shape index (κ2) is 7.34. The van der Waals surface area contributed by atoms with Gasteiger partial charge in [-0.15, -0.1) is 0 Å². The number of carbonyl (C=O) groups is 1. The zero-order valence-electron chi connectivity index (χ0n) is 13.2. The van der Waals surface area contributed by atoms with Crippen LogP contribution in [0.4, 0.5) is 4.39 Å². The molecule has 0 amide bonds. The standard InChI is InChI=1S/C19H19FO4/c20-15-5-7-16(8-6-15)23-11-1-2-13-3-9-17-14(12-13)4-10-18(24-17)19(21)22/h3,5-9,12,18H,1-2,4,10-11H2,(H,21,22). The summed E-state index contributed by atoms with van der Waals surface area (Å²) in [5.41, 5.74) is 2.23. The lowest BCUT2D eigenvalue weighted by Gasteiger charge is -2.23. The van der Waals surface area contributed by atoms with Gasteiger partial charge in [-0.25, -0.2) is 9.18 Å². The van der Waals surface area contributed by atoms with E-state index in [1.54, 1.807) is 12.1 Å². The topological polar surface area (TPSA) is 55.8 Å². The van der Waals surface area contributed by atoms with Crippen LogP contribution in [0, 0.1) is 5.82 Å². The molecule has 4 nitrogen and oxygen atoms in total. The number of fused-ring (bicyclic) bond motifs is 1. The Hall–Kier alpha value is -2.56. The second-order valence-electron chi connectivity index (χ2n) is 5.83. The first-order chi connectivity index (χ1) is 11.6. The van der Waals surface area contributed by atoms with Gasteiger partial charge in [-0.1, -0.05) is 12.1 Å². The molecule has 1 aliphatic rings. The van der Waals surface area contributed by atoms with Crippen LogP contribution < -0.4 is 9.47 Å². The number of aliphatic carboxylic acids is 1. The van der Waals surface area contributed by atoms with E-state index in [0.29, 0.717) is 30.9 Å². The predicted octanol–water partition coefficient (Wildman–Crippen LogP) is 3.62. The highest BCUT2D eigenvalue weighted by molar-refractivity contribution is 5.73. The summed E-state index contributed by atoms with van der Waals surface area (Å²) in [7, 11) is 0. The summed E-state index contributed by atoms with van der Waals surface area (Å²) in [6.07, 6.45) is 2.17. The first-order valence-corrected chi connectivity index (χ1v) is 8.01. The first-order valence-electron chi connectivity index (χ1n) is 8.01. The lowest BCUT2D eigenvalue weighted by molar-refractivity contribution is -0.145. The van der Waals surface area contributed by atoms with Crippen LogP contribution in [-0.2, 0) is 17.6 Å². The molecule has 1 atom stereocenters. The van der Waals surface area contributed by atoms with Gasteiger partial charge in [0.2, 0.25) is 0 Å². The highest BCUT2D eigenvalue weighted by atomic mass is 19.1. The van der Waals surface area contributed by atoms with E-state index in [4.69, 9.17) is 14.6 Å². The molecular weight excluding hydrogens is 311 g/mol. The zero-order chi connectivity index (χ0) is 16.9. The lowest BCUT2D eigenvalue weighted by atomic mass is 9.98. The number of hydrogen-bond acceptors (Lipinski definition) is 3. The van der Waals surface area contributed by atoms with Crippen molar-refractivity contribution in [2.45, 2.75) is 31.8 Å². The van der Waals surface area contributed by atoms with Crippen molar-refractivity contribution in [2.75, 3.05) is 6.61 Å². The van der Waals surface area contributed by atoms with Crippen molar-refractivity contribution in [3.8, 4) is 11.5 Å². The molecule has 0 spiro atoms. The van der Waals surface area contributed by atoms with Crippen LogP contribution in [-0.4, -0.2) is 23.8 Å². The van der Waals surface area contributed by atoms with E-state index in [0.717, 1.165) is 18.4 Å². The van der Waals surface area contributed by atoms with Crippen molar-refractivity contribution < 1.29 is 23.8 Å². The Bertz CT molecular complexity index is 712. The van der Waals surface area contributed by atoms with E-state index in [-0.39, 0.29) is 5.82 Å². The van der Waals surface area contributed by atoms with Gasteiger partial charge in [0, 0.05) is 0 Å². The zero-order valence-corrected chi connectivity index (χ0v) is 13.2. The van der Waals surface area contributed by atoms with E-state index >= 15 is 0 Å². The molecule has 0 aromatic heterocycles. The number of benzene rings is 2. The van der Waals surface area contributed by atoms with E-state index in [1.807, 2.05) is 12.1 Å². The number of carboxylic acids is 1. The van der Waals surface area contributed by atoms with Crippen molar-refractivity contribution in [1.29, 1.82) is 0 Å². The SMILES string of the molecule is O=C(O)C1CCc2cc(CCCOc3ccc(F)cc3)ccc2O1. The number of hydrogen-bond donors (Lipinski definition) is 1. The van der Waals surface area contributed by atoms with Crippen LogP contribution in [0.15, 0.2) is 42.5 Å². The Morgan fingerprint density at radius 1 is 1.25 bits per heavy atom. The maximum atomic E-state index is 12.8. The summed E-state index contributed by atoms with van der Waals surface area (Å²) >= 11 is 0. The summed E-state index contributed by atoms with van der Waals surface area (Å²) in [5.74, 6) is 0.140.